The van der Waals surface area contributed by atoms with Gasteiger partial charge in [-0.05, 0) is 18.6 Å². The van der Waals surface area contributed by atoms with Crippen LogP contribution in [0.3, 0.4) is 0 Å². The molecular formula is C8H7IN2. The minimum Gasteiger partial charge on any atom is -0.289 e. The molecule has 0 bridgehead atoms. The van der Waals surface area contributed by atoms with E-state index in [4.69, 9.17) is 0 Å². The van der Waals surface area contributed by atoms with Gasteiger partial charge in [0, 0.05) is 24.0 Å². The molecule has 56 valence electrons. The van der Waals surface area contributed by atoms with Crippen molar-refractivity contribution in [3.05, 3.63) is 30.2 Å². The van der Waals surface area contributed by atoms with Gasteiger partial charge in [0.2, 0.25) is 0 Å². The number of rotatable bonds is 0. The summed E-state index contributed by atoms with van der Waals surface area (Å²) >= 11 is 2.27. The van der Waals surface area contributed by atoms with Crippen LogP contribution in [0.25, 0.3) is 10.9 Å². The lowest BCUT2D eigenvalue weighted by Crippen LogP contribution is -1.74. The van der Waals surface area contributed by atoms with Gasteiger partial charge < -0.3 is 0 Å². The molecule has 0 saturated carbocycles. The summed E-state index contributed by atoms with van der Waals surface area (Å²) < 4.78 is 2.09. The Kier molecular flexibility index (Phi) is 1.60. The lowest BCUT2D eigenvalue weighted by Gasteiger charge is -1.90. The van der Waals surface area contributed by atoms with Gasteiger partial charge in [-0.3, -0.25) is 7.76 Å². The molecule has 3 heteroatoms. The van der Waals surface area contributed by atoms with Crippen molar-refractivity contribution in [1.82, 2.24) is 7.76 Å². The molecule has 2 aromatic rings. The van der Waals surface area contributed by atoms with E-state index in [1.54, 1.807) is 0 Å². The number of aryl methyl sites for hydroxylation is 1. The molecule has 11 heavy (non-hydrogen) atoms. The summed E-state index contributed by atoms with van der Waals surface area (Å²) in [4.78, 5) is 4.07. The van der Waals surface area contributed by atoms with Crippen LogP contribution in [-0.2, 0) is 0 Å². The molecule has 0 amide bonds. The fraction of sp³-hybridized carbons (Fsp3) is 0.125. The monoisotopic (exact) mass is 258 g/mol. The summed E-state index contributed by atoms with van der Waals surface area (Å²) in [6.07, 6.45) is 5.82. The summed E-state index contributed by atoms with van der Waals surface area (Å²) in [5.74, 6) is 0. The SMILES string of the molecule is Cc1cn(I)c2ccncc12. The minimum absolute atomic E-state index is 1.23. The molecule has 0 saturated heterocycles. The van der Waals surface area contributed by atoms with E-state index < -0.39 is 0 Å². The lowest BCUT2D eigenvalue weighted by molar-refractivity contribution is 1.35. The molecule has 0 unspecified atom stereocenters. The van der Waals surface area contributed by atoms with E-state index >= 15 is 0 Å². The van der Waals surface area contributed by atoms with Gasteiger partial charge in [0.25, 0.3) is 0 Å². The molecule has 0 aliphatic rings. The van der Waals surface area contributed by atoms with Gasteiger partial charge in [-0.15, -0.1) is 0 Å². The molecule has 2 rings (SSSR count). The molecule has 2 nitrogen and oxygen atoms in total. The highest BCUT2D eigenvalue weighted by Crippen LogP contribution is 2.20. The second kappa shape index (κ2) is 2.48. The Labute approximate surface area is 78.7 Å². The molecule has 0 aliphatic carbocycles. The number of halogens is 1. The van der Waals surface area contributed by atoms with E-state index in [1.807, 2.05) is 18.5 Å². The Hall–Kier alpha value is -0.580. The van der Waals surface area contributed by atoms with Crippen LogP contribution in [0, 0.1) is 6.92 Å². The Morgan fingerprint density at radius 1 is 1.55 bits per heavy atom. The van der Waals surface area contributed by atoms with Crippen molar-refractivity contribution < 1.29 is 0 Å². The largest absolute Gasteiger partial charge is 0.289 e. The first-order valence-electron chi connectivity index (χ1n) is 3.37. The number of pyridine rings is 1. The van der Waals surface area contributed by atoms with Gasteiger partial charge in [0.1, 0.15) is 0 Å². The Morgan fingerprint density at radius 2 is 2.36 bits per heavy atom. The second-order valence-corrected chi connectivity index (χ2v) is 3.56. The highest BCUT2D eigenvalue weighted by molar-refractivity contribution is 14.1. The van der Waals surface area contributed by atoms with E-state index in [9.17, 15) is 0 Å². The molecule has 2 aromatic heterocycles. The smallest absolute Gasteiger partial charge is 0.0640 e. The van der Waals surface area contributed by atoms with Gasteiger partial charge in [0.05, 0.1) is 28.4 Å². The molecule has 0 spiro atoms. The van der Waals surface area contributed by atoms with Crippen molar-refractivity contribution >= 4 is 33.8 Å². The predicted molar refractivity (Wildman–Crippen MR) is 53.9 cm³/mol. The van der Waals surface area contributed by atoms with Gasteiger partial charge in [-0.2, -0.15) is 0 Å². The molecule has 0 aromatic carbocycles. The number of hydrogen-bond acceptors (Lipinski definition) is 1. The van der Waals surface area contributed by atoms with Crippen molar-refractivity contribution in [2.75, 3.05) is 0 Å². The van der Waals surface area contributed by atoms with Crippen molar-refractivity contribution in [2.45, 2.75) is 6.92 Å². The summed E-state index contributed by atoms with van der Waals surface area (Å²) in [6, 6.07) is 2.02. The van der Waals surface area contributed by atoms with Crippen LogP contribution in [0.5, 0.6) is 0 Å². The van der Waals surface area contributed by atoms with Crippen molar-refractivity contribution in [1.29, 1.82) is 0 Å². The van der Waals surface area contributed by atoms with Gasteiger partial charge >= 0.3 is 0 Å². The fourth-order valence-corrected chi connectivity index (χ4v) is 2.02. The highest BCUT2D eigenvalue weighted by atomic mass is 127. The van der Waals surface area contributed by atoms with E-state index in [0.29, 0.717) is 0 Å². The average molecular weight is 258 g/mol. The molecule has 0 atom stereocenters. The first kappa shape index (κ1) is 7.09. The number of fused-ring (bicyclic) bond motifs is 1. The van der Waals surface area contributed by atoms with E-state index in [-0.39, 0.29) is 0 Å². The first-order valence-corrected chi connectivity index (χ1v) is 4.33. The molecule has 0 aliphatic heterocycles. The van der Waals surface area contributed by atoms with Gasteiger partial charge in [-0.1, -0.05) is 0 Å². The van der Waals surface area contributed by atoms with Crippen molar-refractivity contribution in [2.24, 2.45) is 0 Å². The van der Waals surface area contributed by atoms with Gasteiger partial charge in [0.15, 0.2) is 0 Å². The zero-order valence-electron chi connectivity index (χ0n) is 6.08. The standard InChI is InChI=1S/C8H7IN2/c1-6-5-11(9)8-2-3-10-4-7(6)8/h2-5H,1H3. The van der Waals surface area contributed by atoms with Crippen molar-refractivity contribution in [3.63, 3.8) is 0 Å². The third-order valence-corrected chi connectivity index (χ3v) is 2.56. The normalized spacial score (nSPS) is 10.7. The fourth-order valence-electron chi connectivity index (χ4n) is 1.19. The summed E-state index contributed by atoms with van der Waals surface area (Å²) in [5, 5.41) is 1.24. The third kappa shape index (κ3) is 1.03. The third-order valence-electron chi connectivity index (χ3n) is 1.76. The average Bonchev–Trinajstić information content (AvgIpc) is 2.30. The molecular weight excluding hydrogens is 251 g/mol. The van der Waals surface area contributed by atoms with Gasteiger partial charge in [-0.25, -0.2) is 0 Å². The van der Waals surface area contributed by atoms with Crippen LogP contribution >= 0.6 is 22.9 Å². The molecule has 0 radical (unpaired) electrons. The zero-order chi connectivity index (χ0) is 7.84. The van der Waals surface area contributed by atoms with Crippen LogP contribution in [-0.4, -0.2) is 7.76 Å². The van der Waals surface area contributed by atoms with Crippen LogP contribution in [0.15, 0.2) is 24.7 Å². The van der Waals surface area contributed by atoms with E-state index in [1.165, 1.54) is 16.5 Å². The predicted octanol–water partition coefficient (Wildman–Crippen LogP) is 2.54. The Balaban J connectivity index is 2.95. The van der Waals surface area contributed by atoms with Crippen LogP contribution < -0.4 is 0 Å². The number of aromatic nitrogens is 2. The van der Waals surface area contributed by atoms with Crippen molar-refractivity contribution in [3.8, 4) is 0 Å². The van der Waals surface area contributed by atoms with Crippen LogP contribution in [0.1, 0.15) is 5.56 Å². The minimum atomic E-state index is 1.23. The highest BCUT2D eigenvalue weighted by Gasteiger charge is 2.00. The maximum Gasteiger partial charge on any atom is 0.0640 e. The Bertz CT molecular complexity index is 356. The van der Waals surface area contributed by atoms with Crippen LogP contribution in [0.4, 0.5) is 0 Å². The molecule has 2 heterocycles. The number of nitrogens with zero attached hydrogens (tertiary/aromatic N) is 2. The van der Waals surface area contributed by atoms with E-state index in [0.717, 1.165) is 0 Å². The second-order valence-electron chi connectivity index (χ2n) is 2.52. The quantitative estimate of drug-likeness (QED) is 0.664. The lowest BCUT2D eigenvalue weighted by atomic mass is 10.2. The van der Waals surface area contributed by atoms with E-state index in [2.05, 4.69) is 43.7 Å². The molecule has 0 fully saturated rings. The topological polar surface area (TPSA) is 17.8 Å². The zero-order valence-corrected chi connectivity index (χ0v) is 8.24. The summed E-state index contributed by atoms with van der Waals surface area (Å²) in [6.45, 7) is 2.10. The summed E-state index contributed by atoms with van der Waals surface area (Å²) in [5.41, 5.74) is 2.51. The Morgan fingerprint density at radius 3 is 3.09 bits per heavy atom. The number of hydrogen-bond donors (Lipinski definition) is 0. The molecule has 0 N–H and O–H groups in total. The maximum atomic E-state index is 4.07. The van der Waals surface area contributed by atoms with Crippen LogP contribution in [0.2, 0.25) is 0 Å². The maximum absolute atomic E-state index is 4.07. The summed E-state index contributed by atoms with van der Waals surface area (Å²) in [7, 11) is 0. The first-order chi connectivity index (χ1) is 5.29.